The van der Waals surface area contributed by atoms with Crippen molar-refractivity contribution in [2.45, 2.75) is 37.1 Å². The molecule has 0 aliphatic rings. The molecule has 0 bridgehead atoms. The van der Waals surface area contributed by atoms with E-state index in [1.165, 1.54) is 11.8 Å². The molecule has 1 aromatic heterocycles. The van der Waals surface area contributed by atoms with Crippen LogP contribution in [-0.2, 0) is 23.1 Å². The van der Waals surface area contributed by atoms with Crippen molar-refractivity contribution >= 4 is 35.0 Å². The maximum atomic E-state index is 12.6. The molecule has 7 nitrogen and oxygen atoms in total. The number of anilines is 2. The van der Waals surface area contributed by atoms with Crippen LogP contribution in [0.1, 0.15) is 24.7 Å². The van der Waals surface area contributed by atoms with E-state index in [0.717, 1.165) is 16.9 Å². The second kappa shape index (κ2) is 10.1. The van der Waals surface area contributed by atoms with Crippen molar-refractivity contribution in [1.82, 2.24) is 14.8 Å². The molecule has 2 N–H and O–H groups in total. The van der Waals surface area contributed by atoms with Crippen LogP contribution in [0.4, 0.5) is 11.4 Å². The van der Waals surface area contributed by atoms with Gasteiger partial charge in [-0.15, -0.1) is 10.2 Å². The number of benzene rings is 2. The summed E-state index contributed by atoms with van der Waals surface area (Å²) in [6, 6.07) is 17.0. The van der Waals surface area contributed by atoms with Gasteiger partial charge >= 0.3 is 0 Å². The SMILES string of the molecule is CC[C@@H](Sc1nnc(CC(=O)Nc2ccccc2C)n1C)C(=O)Nc1ccccc1. The van der Waals surface area contributed by atoms with Crippen LogP contribution in [0, 0.1) is 6.92 Å². The third-order valence-electron chi connectivity index (χ3n) is 4.62. The molecule has 0 spiro atoms. The van der Waals surface area contributed by atoms with Gasteiger partial charge in [0.1, 0.15) is 5.82 Å². The van der Waals surface area contributed by atoms with E-state index in [1.807, 2.05) is 68.4 Å². The molecule has 2 amide bonds. The van der Waals surface area contributed by atoms with Crippen LogP contribution in [-0.4, -0.2) is 31.8 Å². The molecule has 3 aromatic rings. The molecule has 30 heavy (non-hydrogen) atoms. The molecule has 0 saturated carbocycles. The molecule has 2 aromatic carbocycles. The molecule has 156 valence electrons. The number of thioether (sulfide) groups is 1. The molecule has 0 radical (unpaired) electrons. The van der Waals surface area contributed by atoms with Crippen LogP contribution in [0.2, 0.25) is 0 Å². The van der Waals surface area contributed by atoms with Crippen molar-refractivity contribution in [2.24, 2.45) is 7.05 Å². The Kier molecular flexibility index (Phi) is 7.24. The largest absolute Gasteiger partial charge is 0.325 e. The van der Waals surface area contributed by atoms with Crippen molar-refractivity contribution in [3.05, 3.63) is 66.0 Å². The highest BCUT2D eigenvalue weighted by Gasteiger charge is 2.22. The van der Waals surface area contributed by atoms with Crippen LogP contribution < -0.4 is 10.6 Å². The second-order valence-corrected chi connectivity index (χ2v) is 8.04. The van der Waals surface area contributed by atoms with Crippen molar-refractivity contribution in [3.8, 4) is 0 Å². The third-order valence-corrected chi connectivity index (χ3v) is 6.01. The summed E-state index contributed by atoms with van der Waals surface area (Å²) in [6.07, 6.45) is 0.741. The van der Waals surface area contributed by atoms with E-state index in [2.05, 4.69) is 20.8 Å². The maximum absolute atomic E-state index is 12.6. The molecule has 0 fully saturated rings. The standard InChI is InChI=1S/C22H25N5O2S/c1-4-18(21(29)23-16-11-6-5-7-12-16)30-22-26-25-19(27(22)3)14-20(28)24-17-13-9-8-10-15(17)2/h5-13,18H,4,14H2,1-3H3,(H,23,29)(H,24,28)/t18-/m1/s1. The second-order valence-electron chi connectivity index (χ2n) is 6.87. The van der Waals surface area contributed by atoms with E-state index in [9.17, 15) is 9.59 Å². The quantitative estimate of drug-likeness (QED) is 0.538. The van der Waals surface area contributed by atoms with Gasteiger partial charge in [-0.3, -0.25) is 9.59 Å². The van der Waals surface area contributed by atoms with E-state index in [1.54, 1.807) is 11.6 Å². The lowest BCUT2D eigenvalue weighted by molar-refractivity contribution is -0.116. The number of amides is 2. The van der Waals surface area contributed by atoms with E-state index in [4.69, 9.17) is 0 Å². The highest BCUT2D eigenvalue weighted by Crippen LogP contribution is 2.25. The molecule has 0 unspecified atom stereocenters. The van der Waals surface area contributed by atoms with Crippen molar-refractivity contribution in [2.75, 3.05) is 10.6 Å². The van der Waals surface area contributed by atoms with Gasteiger partial charge in [-0.25, -0.2) is 0 Å². The number of carbonyl (C=O) groups excluding carboxylic acids is 2. The van der Waals surface area contributed by atoms with Crippen LogP contribution in [0.15, 0.2) is 59.8 Å². The van der Waals surface area contributed by atoms with Crippen molar-refractivity contribution < 1.29 is 9.59 Å². The van der Waals surface area contributed by atoms with E-state index in [0.29, 0.717) is 17.4 Å². The highest BCUT2D eigenvalue weighted by atomic mass is 32.2. The van der Waals surface area contributed by atoms with Crippen LogP contribution in [0.3, 0.4) is 0 Å². The van der Waals surface area contributed by atoms with Gasteiger partial charge in [0, 0.05) is 18.4 Å². The fraction of sp³-hybridized carbons (Fsp3) is 0.273. The topological polar surface area (TPSA) is 88.9 Å². The monoisotopic (exact) mass is 423 g/mol. The first-order valence-corrected chi connectivity index (χ1v) is 10.6. The number of aryl methyl sites for hydroxylation is 1. The summed E-state index contributed by atoms with van der Waals surface area (Å²) < 4.78 is 1.76. The van der Waals surface area contributed by atoms with Gasteiger partial charge in [-0.2, -0.15) is 0 Å². The Balaban J connectivity index is 1.63. The highest BCUT2D eigenvalue weighted by molar-refractivity contribution is 8.00. The summed E-state index contributed by atoms with van der Waals surface area (Å²) in [5.41, 5.74) is 2.53. The average Bonchev–Trinajstić information content (AvgIpc) is 3.07. The molecule has 0 saturated heterocycles. The van der Waals surface area contributed by atoms with E-state index < -0.39 is 0 Å². The summed E-state index contributed by atoms with van der Waals surface area (Å²) in [5.74, 6) is 0.294. The van der Waals surface area contributed by atoms with Gasteiger partial charge in [0.2, 0.25) is 11.8 Å². The first kappa shape index (κ1) is 21.6. The molecule has 0 aliphatic carbocycles. The molecule has 1 heterocycles. The molecular weight excluding hydrogens is 398 g/mol. The fourth-order valence-electron chi connectivity index (χ4n) is 2.85. The number of rotatable bonds is 8. The maximum Gasteiger partial charge on any atom is 0.237 e. The number of hydrogen-bond acceptors (Lipinski definition) is 5. The lowest BCUT2D eigenvalue weighted by Crippen LogP contribution is -2.25. The lowest BCUT2D eigenvalue weighted by atomic mass is 10.2. The summed E-state index contributed by atoms with van der Waals surface area (Å²) >= 11 is 1.34. The Labute approximate surface area is 180 Å². The van der Waals surface area contributed by atoms with Gasteiger partial charge in [-0.1, -0.05) is 55.1 Å². The number of para-hydroxylation sites is 2. The van der Waals surface area contributed by atoms with Crippen LogP contribution in [0.5, 0.6) is 0 Å². The predicted molar refractivity (Wildman–Crippen MR) is 120 cm³/mol. The summed E-state index contributed by atoms with van der Waals surface area (Å²) in [4.78, 5) is 25.0. The number of nitrogens with one attached hydrogen (secondary N) is 2. The first-order valence-electron chi connectivity index (χ1n) is 9.74. The molecular formula is C22H25N5O2S. The molecule has 3 rings (SSSR count). The van der Waals surface area contributed by atoms with E-state index >= 15 is 0 Å². The predicted octanol–water partition coefficient (Wildman–Crippen LogP) is 3.81. The van der Waals surface area contributed by atoms with E-state index in [-0.39, 0.29) is 23.5 Å². The zero-order chi connectivity index (χ0) is 21.5. The van der Waals surface area contributed by atoms with Gasteiger partial charge in [0.15, 0.2) is 5.16 Å². The normalized spacial score (nSPS) is 11.7. The number of hydrogen-bond donors (Lipinski definition) is 2. The molecule has 1 atom stereocenters. The van der Waals surface area contributed by atoms with Crippen molar-refractivity contribution in [3.63, 3.8) is 0 Å². The fourth-order valence-corrected chi connectivity index (χ4v) is 3.79. The zero-order valence-corrected chi connectivity index (χ0v) is 18.1. The molecule has 8 heteroatoms. The van der Waals surface area contributed by atoms with Gasteiger partial charge in [0.05, 0.1) is 11.7 Å². The first-order chi connectivity index (χ1) is 14.5. The summed E-state index contributed by atoms with van der Waals surface area (Å²) in [6.45, 7) is 3.90. The lowest BCUT2D eigenvalue weighted by Gasteiger charge is -2.14. The minimum absolute atomic E-state index is 0.0875. The van der Waals surface area contributed by atoms with Crippen LogP contribution in [0.25, 0.3) is 0 Å². The van der Waals surface area contributed by atoms with Crippen LogP contribution >= 0.6 is 11.8 Å². The van der Waals surface area contributed by atoms with Gasteiger partial charge in [0.25, 0.3) is 0 Å². The minimum atomic E-state index is -0.318. The van der Waals surface area contributed by atoms with Gasteiger partial charge < -0.3 is 15.2 Å². The Morgan fingerprint density at radius 3 is 2.43 bits per heavy atom. The number of nitrogens with zero attached hydrogens (tertiary/aromatic N) is 3. The Morgan fingerprint density at radius 2 is 1.73 bits per heavy atom. The van der Waals surface area contributed by atoms with Crippen molar-refractivity contribution in [1.29, 1.82) is 0 Å². The Bertz CT molecular complexity index is 1020. The number of aromatic nitrogens is 3. The third kappa shape index (κ3) is 5.48. The minimum Gasteiger partial charge on any atom is -0.325 e. The average molecular weight is 424 g/mol. The van der Waals surface area contributed by atoms with Gasteiger partial charge in [-0.05, 0) is 37.1 Å². The molecule has 0 aliphatic heterocycles. The Hall–Kier alpha value is -3.13. The Morgan fingerprint density at radius 1 is 1.03 bits per heavy atom. The summed E-state index contributed by atoms with van der Waals surface area (Å²) in [7, 11) is 1.81. The summed E-state index contributed by atoms with van der Waals surface area (Å²) in [5, 5.41) is 14.4. The zero-order valence-electron chi connectivity index (χ0n) is 17.3. The smallest absolute Gasteiger partial charge is 0.237 e. The number of carbonyl (C=O) groups is 2.